The van der Waals surface area contributed by atoms with E-state index in [4.69, 9.17) is 11.6 Å². The van der Waals surface area contributed by atoms with Crippen molar-refractivity contribution >= 4 is 50.7 Å². The van der Waals surface area contributed by atoms with Gasteiger partial charge >= 0.3 is 0 Å². The molecule has 2 aromatic carbocycles. The van der Waals surface area contributed by atoms with Crippen molar-refractivity contribution in [3.8, 4) is 0 Å². The molecule has 0 N–H and O–H groups in total. The standard InChI is InChI=1S/C15H10ClNOS2/c1-9(18)10-6-7-13(11(16)8-10)19-15-17-12-4-2-3-5-14(12)20-15/h2-8H,1H3. The molecular weight excluding hydrogens is 310 g/mol. The van der Waals surface area contributed by atoms with Gasteiger partial charge in [-0.3, -0.25) is 4.79 Å². The number of hydrogen-bond acceptors (Lipinski definition) is 4. The SMILES string of the molecule is CC(=O)c1ccc(Sc2nc3ccccc3s2)c(Cl)c1. The van der Waals surface area contributed by atoms with E-state index >= 15 is 0 Å². The Kier molecular flexibility index (Phi) is 3.78. The predicted octanol–water partition coefficient (Wildman–Crippen LogP) is 5.30. The molecule has 0 aliphatic carbocycles. The topological polar surface area (TPSA) is 30.0 Å². The molecule has 0 aliphatic rings. The molecule has 0 bridgehead atoms. The third-order valence-electron chi connectivity index (χ3n) is 2.81. The van der Waals surface area contributed by atoms with Crippen LogP contribution in [-0.2, 0) is 0 Å². The minimum Gasteiger partial charge on any atom is -0.295 e. The lowest BCUT2D eigenvalue weighted by molar-refractivity contribution is 0.101. The summed E-state index contributed by atoms with van der Waals surface area (Å²) in [5.74, 6) is 0.0171. The van der Waals surface area contributed by atoms with Crippen molar-refractivity contribution in [2.24, 2.45) is 0 Å². The van der Waals surface area contributed by atoms with E-state index in [-0.39, 0.29) is 5.78 Å². The second-order valence-corrected chi connectivity index (χ2v) is 6.98. The van der Waals surface area contributed by atoms with Crippen LogP contribution in [0.1, 0.15) is 17.3 Å². The van der Waals surface area contributed by atoms with Gasteiger partial charge in [0.1, 0.15) is 0 Å². The largest absolute Gasteiger partial charge is 0.295 e. The number of fused-ring (bicyclic) bond motifs is 1. The zero-order chi connectivity index (χ0) is 14.1. The molecule has 0 aliphatic heterocycles. The molecule has 100 valence electrons. The highest BCUT2D eigenvalue weighted by atomic mass is 35.5. The number of Topliss-reactive ketones (excluding diaryl/α,β-unsaturated/α-hetero) is 1. The number of benzene rings is 2. The highest BCUT2D eigenvalue weighted by Gasteiger charge is 2.09. The minimum atomic E-state index is 0.0171. The van der Waals surface area contributed by atoms with Crippen LogP contribution in [0.15, 0.2) is 51.7 Å². The number of halogens is 1. The fraction of sp³-hybridized carbons (Fsp3) is 0.0667. The van der Waals surface area contributed by atoms with Crippen LogP contribution in [0.25, 0.3) is 10.2 Å². The van der Waals surface area contributed by atoms with E-state index in [0.717, 1.165) is 19.5 Å². The van der Waals surface area contributed by atoms with Crippen LogP contribution in [0.5, 0.6) is 0 Å². The van der Waals surface area contributed by atoms with Gasteiger partial charge in [0.05, 0.1) is 15.2 Å². The average Bonchev–Trinajstić information content (AvgIpc) is 2.83. The van der Waals surface area contributed by atoms with Gasteiger partial charge in [-0.2, -0.15) is 0 Å². The van der Waals surface area contributed by atoms with E-state index < -0.39 is 0 Å². The first-order valence-corrected chi connectivity index (χ1v) is 7.98. The molecular formula is C15H10ClNOS2. The molecule has 1 heterocycles. The summed E-state index contributed by atoms with van der Waals surface area (Å²) >= 11 is 9.39. The fourth-order valence-corrected chi connectivity index (χ4v) is 4.11. The Bertz CT molecular complexity index is 764. The third-order valence-corrected chi connectivity index (χ3v) is 5.41. The molecule has 0 spiro atoms. The average molecular weight is 320 g/mol. The number of ketones is 1. The summed E-state index contributed by atoms with van der Waals surface area (Å²) < 4.78 is 2.11. The second kappa shape index (κ2) is 5.56. The monoisotopic (exact) mass is 319 g/mol. The Balaban J connectivity index is 1.92. The Morgan fingerprint density at radius 2 is 2.05 bits per heavy atom. The Labute approximate surface area is 129 Å². The second-order valence-electron chi connectivity index (χ2n) is 4.25. The van der Waals surface area contributed by atoms with Crippen molar-refractivity contribution in [1.29, 1.82) is 0 Å². The predicted molar refractivity (Wildman–Crippen MR) is 85.2 cm³/mol. The van der Waals surface area contributed by atoms with Gasteiger partial charge < -0.3 is 0 Å². The highest BCUT2D eigenvalue weighted by molar-refractivity contribution is 8.01. The van der Waals surface area contributed by atoms with Gasteiger partial charge in [0.25, 0.3) is 0 Å². The summed E-state index contributed by atoms with van der Waals surface area (Å²) in [6, 6.07) is 13.4. The molecule has 0 saturated heterocycles. The van der Waals surface area contributed by atoms with Gasteiger partial charge in [-0.05, 0) is 31.2 Å². The van der Waals surface area contributed by atoms with Gasteiger partial charge in [-0.15, -0.1) is 11.3 Å². The third kappa shape index (κ3) is 2.73. The van der Waals surface area contributed by atoms with Crippen molar-refractivity contribution < 1.29 is 4.79 Å². The van der Waals surface area contributed by atoms with Crippen LogP contribution in [0.4, 0.5) is 0 Å². The number of nitrogens with zero attached hydrogens (tertiary/aromatic N) is 1. The smallest absolute Gasteiger partial charge is 0.159 e. The van der Waals surface area contributed by atoms with E-state index in [1.807, 2.05) is 24.3 Å². The minimum absolute atomic E-state index is 0.0171. The maximum absolute atomic E-state index is 11.3. The van der Waals surface area contributed by atoms with Crippen LogP contribution in [0, 0.1) is 0 Å². The number of carbonyl (C=O) groups excluding carboxylic acids is 1. The lowest BCUT2D eigenvalue weighted by Gasteiger charge is -2.03. The van der Waals surface area contributed by atoms with Crippen molar-refractivity contribution in [3.05, 3.63) is 53.1 Å². The summed E-state index contributed by atoms with van der Waals surface area (Å²) in [5, 5.41) is 0.585. The van der Waals surface area contributed by atoms with Gasteiger partial charge in [0.2, 0.25) is 0 Å². The van der Waals surface area contributed by atoms with Crippen molar-refractivity contribution in [2.45, 2.75) is 16.2 Å². The number of aromatic nitrogens is 1. The Morgan fingerprint density at radius 1 is 1.25 bits per heavy atom. The zero-order valence-corrected chi connectivity index (χ0v) is 13.0. The summed E-state index contributed by atoms with van der Waals surface area (Å²) in [4.78, 5) is 16.8. The summed E-state index contributed by atoms with van der Waals surface area (Å²) in [6.45, 7) is 1.53. The van der Waals surface area contributed by atoms with E-state index in [1.54, 1.807) is 23.5 Å². The molecule has 0 atom stereocenters. The summed E-state index contributed by atoms with van der Waals surface area (Å²) in [6.07, 6.45) is 0. The molecule has 0 radical (unpaired) electrons. The summed E-state index contributed by atoms with van der Waals surface area (Å²) in [7, 11) is 0. The number of rotatable bonds is 3. The van der Waals surface area contributed by atoms with E-state index in [2.05, 4.69) is 11.1 Å². The van der Waals surface area contributed by atoms with Gasteiger partial charge in [-0.25, -0.2) is 4.98 Å². The number of para-hydroxylation sites is 1. The lowest BCUT2D eigenvalue weighted by atomic mass is 10.1. The van der Waals surface area contributed by atoms with Crippen LogP contribution in [0.2, 0.25) is 5.02 Å². The van der Waals surface area contributed by atoms with Crippen LogP contribution < -0.4 is 0 Å². The van der Waals surface area contributed by atoms with Gasteiger partial charge in [0, 0.05) is 10.5 Å². The molecule has 0 saturated carbocycles. The Morgan fingerprint density at radius 3 is 2.75 bits per heavy atom. The van der Waals surface area contributed by atoms with E-state index in [0.29, 0.717) is 10.6 Å². The molecule has 3 rings (SSSR count). The highest BCUT2D eigenvalue weighted by Crippen LogP contribution is 2.37. The molecule has 0 fully saturated rings. The maximum Gasteiger partial charge on any atom is 0.159 e. The fourth-order valence-electron chi connectivity index (χ4n) is 1.79. The molecule has 3 aromatic rings. The van der Waals surface area contributed by atoms with Crippen LogP contribution in [0.3, 0.4) is 0 Å². The van der Waals surface area contributed by atoms with Gasteiger partial charge in [0.15, 0.2) is 10.1 Å². The van der Waals surface area contributed by atoms with E-state index in [1.165, 1.54) is 18.7 Å². The first-order chi connectivity index (χ1) is 9.63. The molecule has 5 heteroatoms. The molecule has 0 amide bonds. The normalized spacial score (nSPS) is 10.9. The van der Waals surface area contributed by atoms with Crippen LogP contribution in [-0.4, -0.2) is 10.8 Å². The van der Waals surface area contributed by atoms with Crippen molar-refractivity contribution in [2.75, 3.05) is 0 Å². The quantitative estimate of drug-likeness (QED) is 0.613. The van der Waals surface area contributed by atoms with E-state index in [9.17, 15) is 4.79 Å². The maximum atomic E-state index is 11.3. The number of thiazole rings is 1. The van der Waals surface area contributed by atoms with Crippen molar-refractivity contribution in [1.82, 2.24) is 4.98 Å². The van der Waals surface area contributed by atoms with Crippen molar-refractivity contribution in [3.63, 3.8) is 0 Å². The first-order valence-electron chi connectivity index (χ1n) is 5.97. The first kappa shape index (κ1) is 13.6. The molecule has 0 unspecified atom stereocenters. The zero-order valence-electron chi connectivity index (χ0n) is 10.6. The molecule has 1 aromatic heterocycles. The van der Waals surface area contributed by atoms with Gasteiger partial charge in [-0.1, -0.05) is 41.6 Å². The lowest BCUT2D eigenvalue weighted by Crippen LogP contribution is -1.91. The molecule has 20 heavy (non-hydrogen) atoms. The van der Waals surface area contributed by atoms with Crippen LogP contribution >= 0.6 is 34.7 Å². The number of carbonyl (C=O) groups is 1. The Hall–Kier alpha value is -1.36. The summed E-state index contributed by atoms with van der Waals surface area (Å²) in [5.41, 5.74) is 1.63. The number of hydrogen-bond donors (Lipinski definition) is 0. The molecule has 2 nitrogen and oxygen atoms in total.